The van der Waals surface area contributed by atoms with Crippen LogP contribution >= 0.6 is 11.6 Å². The van der Waals surface area contributed by atoms with Gasteiger partial charge >= 0.3 is 11.9 Å². The Labute approximate surface area is 227 Å². The third-order valence-corrected chi connectivity index (χ3v) is 6.56. The highest BCUT2D eigenvalue weighted by atomic mass is 35.5. The molecule has 38 heavy (non-hydrogen) atoms. The van der Waals surface area contributed by atoms with Gasteiger partial charge in [-0.2, -0.15) is 0 Å². The van der Waals surface area contributed by atoms with Crippen molar-refractivity contribution in [1.82, 2.24) is 4.90 Å². The summed E-state index contributed by atoms with van der Waals surface area (Å²) >= 11 is 5.83. The van der Waals surface area contributed by atoms with E-state index in [-0.39, 0.29) is 29.0 Å². The number of nitrogens with zero attached hydrogens (tertiary/aromatic N) is 1. The predicted octanol–water partition coefficient (Wildman–Crippen LogP) is 5.83. The molecule has 0 atom stereocenters. The Morgan fingerprint density at radius 2 is 1.66 bits per heavy atom. The van der Waals surface area contributed by atoms with E-state index in [0.29, 0.717) is 18.1 Å². The Morgan fingerprint density at radius 3 is 2.26 bits per heavy atom. The van der Waals surface area contributed by atoms with Gasteiger partial charge in [-0.25, -0.2) is 4.79 Å². The number of piperidine rings is 1. The van der Waals surface area contributed by atoms with Crippen LogP contribution < -0.4 is 0 Å². The summed E-state index contributed by atoms with van der Waals surface area (Å²) in [7, 11) is 0. The van der Waals surface area contributed by atoms with Crippen molar-refractivity contribution in [2.45, 2.75) is 26.2 Å². The van der Waals surface area contributed by atoms with Gasteiger partial charge in [0.15, 0.2) is 5.78 Å². The number of carbonyl (C=O) groups excluding carboxylic acids is 2. The molecule has 3 aromatic rings. The van der Waals surface area contributed by atoms with Gasteiger partial charge in [0.2, 0.25) is 0 Å². The minimum Gasteiger partial charge on any atom is -0.507 e. The molecule has 2 N–H and O–H groups in total. The topological polar surface area (TPSA) is 104 Å². The third kappa shape index (κ3) is 8.71. The lowest BCUT2D eigenvalue weighted by Gasteiger charge is -2.30. The molecule has 0 aliphatic carbocycles. The lowest BCUT2D eigenvalue weighted by molar-refractivity contribution is -0.149. The van der Waals surface area contributed by atoms with Crippen molar-refractivity contribution in [3.8, 4) is 5.75 Å². The number of fused-ring (bicyclic) bond motifs is 1. The first kappa shape index (κ1) is 28.9. The summed E-state index contributed by atoms with van der Waals surface area (Å²) in [6.07, 6.45) is 5.55. The molecule has 1 aliphatic rings. The highest BCUT2D eigenvalue weighted by Gasteiger charge is 2.25. The summed E-state index contributed by atoms with van der Waals surface area (Å²) in [6, 6.07) is 17.6. The quantitative estimate of drug-likeness (QED) is 0.275. The monoisotopic (exact) mass is 537 g/mol. The number of carbonyl (C=O) groups is 3. The number of carboxylic acid groups (broad SMARTS) is 1. The van der Waals surface area contributed by atoms with Crippen molar-refractivity contribution < 1.29 is 29.3 Å². The van der Waals surface area contributed by atoms with E-state index >= 15 is 0 Å². The Bertz CT molecular complexity index is 1280. The second kappa shape index (κ2) is 14.3. The molecule has 3 aromatic carbocycles. The molecule has 0 bridgehead atoms. The number of ketones is 1. The first-order valence-electron chi connectivity index (χ1n) is 12.6. The standard InChI is InChI=1S/C19H24ClNO3.C11H8O3/c1-2-24-19(23)16-9-12-21(13-10-16)14-11-18(22)8-5-15-3-6-17(20)7-4-15;12-10-6-8-4-2-1-3-7(8)5-9(10)11(13)14/h3-8,16H,2,9-14H2,1H3;1-6,12H,(H,13,14)/b8-5+;. The SMILES string of the molecule is CCOC(=O)C1CCN(CCC(=O)/C=C/c2ccc(Cl)cc2)CC1.O=C(O)c1cc2ccccc2cc1O. The second-order valence-corrected chi connectivity index (χ2v) is 9.43. The number of aromatic carboxylic acids is 1. The number of esters is 1. The smallest absolute Gasteiger partial charge is 0.339 e. The molecule has 0 radical (unpaired) electrons. The number of aromatic hydroxyl groups is 1. The summed E-state index contributed by atoms with van der Waals surface area (Å²) in [4.78, 5) is 36.6. The Kier molecular flexibility index (Phi) is 10.9. The first-order valence-corrected chi connectivity index (χ1v) is 12.9. The van der Waals surface area contributed by atoms with Crippen LogP contribution in [0.5, 0.6) is 5.75 Å². The molecule has 0 spiro atoms. The zero-order valence-corrected chi connectivity index (χ0v) is 22.1. The van der Waals surface area contributed by atoms with Gasteiger partial charge in [0.1, 0.15) is 11.3 Å². The van der Waals surface area contributed by atoms with Crippen LogP contribution in [0.2, 0.25) is 5.02 Å². The third-order valence-electron chi connectivity index (χ3n) is 6.31. The molecule has 0 aromatic heterocycles. The van der Waals surface area contributed by atoms with Crippen molar-refractivity contribution in [1.29, 1.82) is 0 Å². The van der Waals surface area contributed by atoms with Crippen LogP contribution in [0.4, 0.5) is 0 Å². The molecule has 0 amide bonds. The van der Waals surface area contributed by atoms with Crippen molar-refractivity contribution in [2.24, 2.45) is 5.92 Å². The maximum absolute atomic E-state index is 12.0. The number of phenols is 1. The zero-order valence-electron chi connectivity index (χ0n) is 21.3. The maximum atomic E-state index is 12.0. The van der Waals surface area contributed by atoms with Crippen molar-refractivity contribution in [3.05, 3.63) is 82.9 Å². The lowest BCUT2D eigenvalue weighted by atomic mass is 9.97. The molecule has 0 unspecified atom stereocenters. The van der Waals surface area contributed by atoms with Crippen LogP contribution in [-0.2, 0) is 14.3 Å². The molecule has 200 valence electrons. The van der Waals surface area contributed by atoms with E-state index in [4.69, 9.17) is 21.4 Å². The zero-order chi connectivity index (χ0) is 27.5. The van der Waals surface area contributed by atoms with Gasteiger partial charge in [0.05, 0.1) is 12.5 Å². The number of ether oxygens (including phenoxy) is 1. The number of allylic oxidation sites excluding steroid dienone is 1. The molecular formula is C30H32ClNO6. The minimum absolute atomic E-state index is 0.0155. The van der Waals surface area contributed by atoms with E-state index in [9.17, 15) is 19.5 Å². The van der Waals surface area contributed by atoms with E-state index < -0.39 is 5.97 Å². The predicted molar refractivity (Wildman–Crippen MR) is 148 cm³/mol. The van der Waals surface area contributed by atoms with Crippen molar-refractivity contribution >= 4 is 46.2 Å². The van der Waals surface area contributed by atoms with Crippen LogP contribution in [0.15, 0.2) is 66.7 Å². The van der Waals surface area contributed by atoms with E-state index in [1.165, 1.54) is 12.1 Å². The molecule has 7 nitrogen and oxygen atoms in total. The average Bonchev–Trinajstić information content (AvgIpc) is 2.92. The van der Waals surface area contributed by atoms with E-state index in [2.05, 4.69) is 4.90 Å². The molecule has 4 rings (SSSR count). The number of hydrogen-bond donors (Lipinski definition) is 2. The van der Waals surface area contributed by atoms with Crippen LogP contribution in [0.1, 0.15) is 42.1 Å². The van der Waals surface area contributed by atoms with Crippen LogP contribution in [0, 0.1) is 5.92 Å². The first-order chi connectivity index (χ1) is 18.3. The fourth-order valence-corrected chi connectivity index (χ4v) is 4.29. The van der Waals surface area contributed by atoms with Gasteiger partial charge in [0, 0.05) is 18.0 Å². The molecule has 8 heteroatoms. The molecule has 0 saturated carbocycles. The van der Waals surface area contributed by atoms with Crippen molar-refractivity contribution in [3.63, 3.8) is 0 Å². The summed E-state index contributed by atoms with van der Waals surface area (Å²) < 4.78 is 5.07. The summed E-state index contributed by atoms with van der Waals surface area (Å²) in [5.74, 6) is -1.28. The van der Waals surface area contributed by atoms with Crippen LogP contribution in [0.3, 0.4) is 0 Å². The normalized spacial score (nSPS) is 14.2. The van der Waals surface area contributed by atoms with Gasteiger partial charge in [0.25, 0.3) is 0 Å². The lowest BCUT2D eigenvalue weighted by Crippen LogP contribution is -2.37. The van der Waals surface area contributed by atoms with E-state index in [0.717, 1.165) is 48.8 Å². The second-order valence-electron chi connectivity index (χ2n) is 8.99. The fraction of sp³-hybridized carbons (Fsp3) is 0.300. The van der Waals surface area contributed by atoms with E-state index in [1.54, 1.807) is 24.3 Å². The molecule has 1 aliphatic heterocycles. The van der Waals surface area contributed by atoms with Gasteiger partial charge in [-0.05, 0) is 79.5 Å². The summed E-state index contributed by atoms with van der Waals surface area (Å²) in [6.45, 7) is 4.69. The molecule has 1 saturated heterocycles. The van der Waals surface area contributed by atoms with Gasteiger partial charge < -0.3 is 19.8 Å². The Hall–Kier alpha value is -3.68. The number of hydrogen-bond acceptors (Lipinski definition) is 6. The molecule has 1 heterocycles. The van der Waals surface area contributed by atoms with Crippen LogP contribution in [0.25, 0.3) is 16.8 Å². The Morgan fingerprint density at radius 1 is 1.03 bits per heavy atom. The molecular weight excluding hydrogens is 506 g/mol. The summed E-state index contributed by atoms with van der Waals surface area (Å²) in [5.41, 5.74) is 0.895. The number of carboxylic acids is 1. The minimum atomic E-state index is -1.12. The van der Waals surface area contributed by atoms with Gasteiger partial charge in [-0.3, -0.25) is 9.59 Å². The highest BCUT2D eigenvalue weighted by Crippen LogP contribution is 2.24. The molecule has 1 fully saturated rings. The number of benzene rings is 3. The van der Waals surface area contributed by atoms with Gasteiger partial charge in [-0.15, -0.1) is 0 Å². The van der Waals surface area contributed by atoms with Gasteiger partial charge in [-0.1, -0.05) is 54.1 Å². The fourth-order valence-electron chi connectivity index (χ4n) is 4.17. The van der Waals surface area contributed by atoms with Crippen molar-refractivity contribution in [2.75, 3.05) is 26.2 Å². The maximum Gasteiger partial charge on any atom is 0.339 e. The Balaban J connectivity index is 0.000000241. The van der Waals surface area contributed by atoms with E-state index in [1.807, 2.05) is 43.3 Å². The summed E-state index contributed by atoms with van der Waals surface area (Å²) in [5, 5.41) is 20.5. The number of rotatable bonds is 8. The average molecular weight is 538 g/mol. The highest BCUT2D eigenvalue weighted by molar-refractivity contribution is 6.30. The number of halogens is 1. The number of likely N-dealkylation sites (tertiary alicyclic amines) is 1. The largest absolute Gasteiger partial charge is 0.507 e. The van der Waals surface area contributed by atoms with Crippen LogP contribution in [-0.4, -0.2) is 59.1 Å².